The lowest BCUT2D eigenvalue weighted by molar-refractivity contribution is -0.154. The molecule has 0 radical (unpaired) electrons. The summed E-state index contributed by atoms with van der Waals surface area (Å²) < 4.78 is 17.8. The van der Waals surface area contributed by atoms with Gasteiger partial charge in [-0.1, -0.05) is 0 Å². The van der Waals surface area contributed by atoms with Crippen LogP contribution in [0.2, 0.25) is 0 Å². The first-order valence-electron chi connectivity index (χ1n) is 8.64. The fourth-order valence-corrected chi connectivity index (χ4v) is 3.20. The van der Waals surface area contributed by atoms with Gasteiger partial charge in [0.15, 0.2) is 12.4 Å². The first-order chi connectivity index (χ1) is 11.9. The van der Waals surface area contributed by atoms with Crippen molar-refractivity contribution in [1.29, 1.82) is 0 Å². The average molecular weight is 349 g/mol. The van der Waals surface area contributed by atoms with Crippen molar-refractivity contribution < 1.29 is 23.5 Å². The molecule has 5 nitrogen and oxygen atoms in total. The van der Waals surface area contributed by atoms with E-state index >= 15 is 0 Å². The van der Waals surface area contributed by atoms with E-state index in [0.717, 1.165) is 19.3 Å². The average Bonchev–Trinajstić information content (AvgIpc) is 2.58. The van der Waals surface area contributed by atoms with Gasteiger partial charge in [0.1, 0.15) is 5.82 Å². The Bertz CT molecular complexity index is 619. The van der Waals surface area contributed by atoms with Crippen LogP contribution in [0.25, 0.3) is 0 Å². The molecule has 1 heterocycles. The number of hydrogen-bond acceptors (Lipinski definition) is 4. The molecule has 1 aliphatic heterocycles. The number of hydrogen-bond donors (Lipinski definition) is 0. The van der Waals surface area contributed by atoms with Crippen LogP contribution in [0, 0.1) is 5.82 Å². The zero-order chi connectivity index (χ0) is 18.4. The summed E-state index contributed by atoms with van der Waals surface area (Å²) in [6.07, 6.45) is 2.87. The van der Waals surface area contributed by atoms with Crippen molar-refractivity contribution in [3.8, 4) is 0 Å². The van der Waals surface area contributed by atoms with Crippen molar-refractivity contribution in [2.24, 2.45) is 0 Å². The van der Waals surface area contributed by atoms with Crippen molar-refractivity contribution in [2.45, 2.75) is 58.0 Å². The maximum atomic E-state index is 12.8. The van der Waals surface area contributed by atoms with Gasteiger partial charge in [0, 0.05) is 24.1 Å². The molecule has 0 aliphatic carbocycles. The lowest BCUT2D eigenvalue weighted by Gasteiger charge is -2.38. The third-order valence-corrected chi connectivity index (χ3v) is 4.56. The fraction of sp³-hybridized carbons (Fsp3) is 0.526. The van der Waals surface area contributed by atoms with Crippen LogP contribution in [0.3, 0.4) is 0 Å². The normalized spacial score (nSPS) is 20.2. The van der Waals surface area contributed by atoms with Gasteiger partial charge in [0.05, 0.1) is 6.42 Å². The van der Waals surface area contributed by atoms with E-state index in [1.54, 1.807) is 4.90 Å². The van der Waals surface area contributed by atoms with Crippen LogP contribution < -0.4 is 0 Å². The number of halogens is 1. The van der Waals surface area contributed by atoms with Crippen molar-refractivity contribution >= 4 is 17.7 Å². The van der Waals surface area contributed by atoms with Crippen LogP contribution in [0.15, 0.2) is 24.3 Å². The number of amides is 1. The number of piperidine rings is 1. The number of Topliss-reactive ketones (excluding diaryl/α,β-unsaturated/α-hetero) is 1. The topological polar surface area (TPSA) is 63.7 Å². The fourth-order valence-electron chi connectivity index (χ4n) is 3.20. The standard InChI is InChI=1S/C19H24FNO4/c1-13-4-3-5-14(2)21(13)18(23)12-25-19(24)11-10-17(22)15-6-8-16(20)9-7-15/h6-9,13-14H,3-5,10-12H2,1-2H3/t13-,14-/m0/s1. The van der Waals surface area contributed by atoms with E-state index in [4.69, 9.17) is 4.74 Å². The minimum absolute atomic E-state index is 0.0326. The molecule has 25 heavy (non-hydrogen) atoms. The molecular weight excluding hydrogens is 325 g/mol. The number of likely N-dealkylation sites (tertiary alicyclic amines) is 1. The molecule has 1 saturated heterocycles. The van der Waals surface area contributed by atoms with Gasteiger partial charge in [-0.2, -0.15) is 0 Å². The van der Waals surface area contributed by atoms with Crippen LogP contribution in [-0.2, 0) is 14.3 Å². The van der Waals surface area contributed by atoms with E-state index in [9.17, 15) is 18.8 Å². The first kappa shape index (κ1) is 19.1. The Morgan fingerprint density at radius 3 is 2.28 bits per heavy atom. The van der Waals surface area contributed by atoms with Crippen molar-refractivity contribution in [2.75, 3.05) is 6.61 Å². The Morgan fingerprint density at radius 2 is 1.68 bits per heavy atom. The molecule has 1 aliphatic rings. The third kappa shape index (κ3) is 5.37. The summed E-state index contributed by atoms with van der Waals surface area (Å²) in [7, 11) is 0. The predicted octanol–water partition coefficient (Wildman–Crippen LogP) is 3.12. The minimum Gasteiger partial charge on any atom is -0.456 e. The van der Waals surface area contributed by atoms with Gasteiger partial charge < -0.3 is 9.64 Å². The van der Waals surface area contributed by atoms with Crippen LogP contribution in [0.1, 0.15) is 56.3 Å². The van der Waals surface area contributed by atoms with Gasteiger partial charge in [-0.15, -0.1) is 0 Å². The molecule has 1 fully saturated rings. The minimum atomic E-state index is -0.582. The SMILES string of the molecule is C[C@H]1CCC[C@H](C)N1C(=O)COC(=O)CCC(=O)c1ccc(F)cc1. The highest BCUT2D eigenvalue weighted by Gasteiger charge is 2.29. The predicted molar refractivity (Wildman–Crippen MR) is 90.5 cm³/mol. The van der Waals surface area contributed by atoms with Gasteiger partial charge in [0.25, 0.3) is 5.91 Å². The molecule has 0 N–H and O–H groups in total. The lowest BCUT2D eigenvalue weighted by Crippen LogP contribution is -2.49. The zero-order valence-corrected chi connectivity index (χ0v) is 14.7. The Hall–Kier alpha value is -2.24. The van der Waals surface area contributed by atoms with Crippen molar-refractivity contribution in [3.63, 3.8) is 0 Å². The van der Waals surface area contributed by atoms with Crippen LogP contribution in [-0.4, -0.2) is 41.3 Å². The monoisotopic (exact) mass is 349 g/mol. The van der Waals surface area contributed by atoms with E-state index in [1.165, 1.54) is 24.3 Å². The second kappa shape index (κ2) is 8.74. The number of nitrogens with zero attached hydrogens (tertiary/aromatic N) is 1. The lowest BCUT2D eigenvalue weighted by atomic mass is 9.97. The second-order valence-electron chi connectivity index (χ2n) is 6.52. The van der Waals surface area contributed by atoms with Crippen LogP contribution in [0.5, 0.6) is 0 Å². The first-order valence-corrected chi connectivity index (χ1v) is 8.64. The van der Waals surface area contributed by atoms with Crippen LogP contribution in [0.4, 0.5) is 4.39 Å². The van der Waals surface area contributed by atoms with E-state index in [2.05, 4.69) is 0 Å². The molecule has 1 amide bonds. The molecule has 0 aromatic heterocycles. The number of benzene rings is 1. The maximum Gasteiger partial charge on any atom is 0.306 e. The molecule has 0 saturated carbocycles. The van der Waals surface area contributed by atoms with E-state index in [1.807, 2.05) is 13.8 Å². The molecule has 6 heteroatoms. The Kier molecular flexibility index (Phi) is 6.67. The van der Waals surface area contributed by atoms with Gasteiger partial charge in [0.2, 0.25) is 0 Å². The number of carbonyl (C=O) groups excluding carboxylic acids is 3. The number of rotatable bonds is 6. The molecule has 0 unspecified atom stereocenters. The molecule has 1 aromatic rings. The maximum absolute atomic E-state index is 12.8. The highest BCUT2D eigenvalue weighted by molar-refractivity contribution is 5.97. The summed E-state index contributed by atoms with van der Waals surface area (Å²) in [4.78, 5) is 37.7. The van der Waals surface area contributed by atoms with Gasteiger partial charge >= 0.3 is 5.97 Å². The summed E-state index contributed by atoms with van der Waals surface area (Å²) in [6, 6.07) is 5.46. The third-order valence-electron chi connectivity index (χ3n) is 4.56. The summed E-state index contributed by atoms with van der Waals surface area (Å²) in [6.45, 7) is 3.70. The highest BCUT2D eigenvalue weighted by Crippen LogP contribution is 2.22. The van der Waals surface area contributed by atoms with Gasteiger partial charge in [-0.25, -0.2) is 4.39 Å². The molecule has 0 bridgehead atoms. The summed E-state index contributed by atoms with van der Waals surface area (Å²) in [5.41, 5.74) is 0.348. The molecule has 2 atom stereocenters. The largest absolute Gasteiger partial charge is 0.456 e. The molecule has 136 valence electrons. The number of ether oxygens (including phenoxy) is 1. The Morgan fingerprint density at radius 1 is 1.08 bits per heavy atom. The quantitative estimate of drug-likeness (QED) is 0.585. The summed E-state index contributed by atoms with van der Waals surface area (Å²) in [5.74, 6) is -1.46. The van der Waals surface area contributed by atoms with Crippen molar-refractivity contribution in [3.05, 3.63) is 35.6 Å². The molecule has 2 rings (SSSR count). The Balaban J connectivity index is 1.75. The zero-order valence-electron chi connectivity index (χ0n) is 14.7. The summed E-state index contributed by atoms with van der Waals surface area (Å²) >= 11 is 0. The number of esters is 1. The number of ketones is 1. The Labute approximate surface area is 147 Å². The van der Waals surface area contributed by atoms with Crippen LogP contribution >= 0.6 is 0 Å². The second-order valence-corrected chi connectivity index (χ2v) is 6.52. The van der Waals surface area contributed by atoms with Gasteiger partial charge in [-0.3, -0.25) is 14.4 Å². The summed E-state index contributed by atoms with van der Waals surface area (Å²) in [5, 5.41) is 0. The molecule has 1 aromatic carbocycles. The van der Waals surface area contributed by atoms with E-state index in [-0.39, 0.29) is 43.2 Å². The smallest absolute Gasteiger partial charge is 0.306 e. The number of carbonyl (C=O) groups is 3. The van der Waals surface area contributed by atoms with E-state index in [0.29, 0.717) is 5.56 Å². The van der Waals surface area contributed by atoms with E-state index < -0.39 is 11.8 Å². The van der Waals surface area contributed by atoms with Gasteiger partial charge in [-0.05, 0) is 57.4 Å². The molecular formula is C19H24FNO4. The molecule has 0 spiro atoms. The van der Waals surface area contributed by atoms with Crippen molar-refractivity contribution in [1.82, 2.24) is 4.90 Å². The highest BCUT2D eigenvalue weighted by atomic mass is 19.1.